The van der Waals surface area contributed by atoms with Crippen molar-refractivity contribution in [1.29, 1.82) is 0 Å². The van der Waals surface area contributed by atoms with Crippen LogP contribution in [-0.4, -0.2) is 68.1 Å². The van der Waals surface area contributed by atoms with Gasteiger partial charge in [0, 0.05) is 48.9 Å². The van der Waals surface area contributed by atoms with Gasteiger partial charge in [0.2, 0.25) is 0 Å². The Hall–Kier alpha value is -3.66. The number of aryl methyl sites for hydroxylation is 2. The zero-order valence-electron chi connectivity index (χ0n) is 25.2. The van der Waals surface area contributed by atoms with E-state index in [-0.39, 0.29) is 16.9 Å². The summed E-state index contributed by atoms with van der Waals surface area (Å²) >= 11 is 0. The summed E-state index contributed by atoms with van der Waals surface area (Å²) in [6, 6.07) is 19.2. The molecule has 2 saturated heterocycles. The van der Waals surface area contributed by atoms with Gasteiger partial charge in [-0.05, 0) is 87.2 Å². The number of methoxy groups -OCH3 is 2. The van der Waals surface area contributed by atoms with E-state index in [0.29, 0.717) is 23.7 Å². The third-order valence-corrected chi connectivity index (χ3v) is 10.9. The minimum atomic E-state index is -3.80. The molecular formula is C34H39N3O5S. The van der Waals surface area contributed by atoms with Crippen LogP contribution in [0.1, 0.15) is 57.9 Å². The predicted octanol–water partition coefficient (Wildman–Crippen LogP) is 5.70. The average Bonchev–Trinajstić information content (AvgIpc) is 3.63. The highest BCUT2D eigenvalue weighted by Crippen LogP contribution is 2.38. The molecule has 2 aliphatic heterocycles. The molecule has 2 atom stereocenters. The maximum absolute atomic E-state index is 13.8. The van der Waals surface area contributed by atoms with E-state index in [4.69, 9.17) is 9.47 Å². The van der Waals surface area contributed by atoms with Crippen molar-refractivity contribution >= 4 is 26.9 Å². The molecule has 0 aliphatic carbocycles. The van der Waals surface area contributed by atoms with E-state index in [1.165, 1.54) is 23.9 Å². The number of aromatic nitrogens is 1. The van der Waals surface area contributed by atoms with E-state index in [2.05, 4.69) is 9.80 Å². The molecule has 1 aromatic heterocycles. The van der Waals surface area contributed by atoms with Crippen molar-refractivity contribution in [2.75, 3.05) is 33.9 Å². The van der Waals surface area contributed by atoms with Crippen LogP contribution in [0.5, 0.6) is 5.75 Å². The number of carbonyl (C=O) groups excluding carboxylic acids is 1. The van der Waals surface area contributed by atoms with Crippen molar-refractivity contribution in [1.82, 2.24) is 13.8 Å². The maximum atomic E-state index is 13.8. The van der Waals surface area contributed by atoms with Gasteiger partial charge < -0.3 is 9.47 Å². The van der Waals surface area contributed by atoms with Crippen LogP contribution < -0.4 is 4.74 Å². The van der Waals surface area contributed by atoms with Crippen LogP contribution in [0.15, 0.2) is 71.8 Å². The first-order valence-electron chi connectivity index (χ1n) is 14.9. The first-order valence-corrected chi connectivity index (χ1v) is 16.3. The van der Waals surface area contributed by atoms with Crippen molar-refractivity contribution in [2.45, 2.75) is 56.6 Å². The van der Waals surface area contributed by atoms with Gasteiger partial charge >= 0.3 is 5.97 Å². The van der Waals surface area contributed by atoms with Gasteiger partial charge in [-0.2, -0.15) is 0 Å². The summed E-state index contributed by atoms with van der Waals surface area (Å²) in [5, 5.41) is 0.872. The number of fused-ring (bicyclic) bond motifs is 2. The number of hydrogen-bond acceptors (Lipinski definition) is 7. The lowest BCUT2D eigenvalue weighted by atomic mass is 10.00. The van der Waals surface area contributed by atoms with E-state index in [9.17, 15) is 13.2 Å². The first-order chi connectivity index (χ1) is 20.7. The van der Waals surface area contributed by atoms with Crippen LogP contribution in [0.3, 0.4) is 0 Å². The molecule has 8 nitrogen and oxygen atoms in total. The molecule has 2 fully saturated rings. The molecule has 43 heavy (non-hydrogen) atoms. The van der Waals surface area contributed by atoms with Crippen molar-refractivity contribution in [3.63, 3.8) is 0 Å². The van der Waals surface area contributed by atoms with Crippen molar-refractivity contribution in [2.24, 2.45) is 0 Å². The molecule has 3 aromatic carbocycles. The Labute approximate surface area is 253 Å². The van der Waals surface area contributed by atoms with Crippen LogP contribution in [-0.2, 0) is 21.3 Å². The Kier molecular flexibility index (Phi) is 8.06. The Bertz CT molecular complexity index is 1750. The Balaban J connectivity index is 1.42. The van der Waals surface area contributed by atoms with Crippen molar-refractivity contribution < 1.29 is 22.7 Å². The summed E-state index contributed by atoms with van der Waals surface area (Å²) in [6.07, 6.45) is 5.15. The van der Waals surface area contributed by atoms with E-state index < -0.39 is 10.0 Å². The van der Waals surface area contributed by atoms with E-state index >= 15 is 0 Å². The highest BCUT2D eigenvalue weighted by molar-refractivity contribution is 7.90. The number of hydrogen-bond donors (Lipinski definition) is 0. The molecule has 226 valence electrons. The molecule has 0 spiro atoms. The van der Waals surface area contributed by atoms with Gasteiger partial charge in [-0.3, -0.25) is 9.80 Å². The van der Waals surface area contributed by atoms with Gasteiger partial charge in [0.05, 0.1) is 30.2 Å². The van der Waals surface area contributed by atoms with Gasteiger partial charge in [0.15, 0.2) is 0 Å². The molecule has 2 aliphatic rings. The second kappa shape index (κ2) is 11.8. The summed E-state index contributed by atoms with van der Waals surface area (Å²) in [5.74, 6) is 0.404. The zero-order valence-corrected chi connectivity index (χ0v) is 26.1. The fourth-order valence-corrected chi connectivity index (χ4v) is 8.25. The van der Waals surface area contributed by atoms with E-state index in [1.807, 2.05) is 62.4 Å². The quantitative estimate of drug-likeness (QED) is 0.251. The van der Waals surface area contributed by atoms with Gasteiger partial charge in [0.1, 0.15) is 5.75 Å². The Morgan fingerprint density at radius 3 is 2.40 bits per heavy atom. The van der Waals surface area contributed by atoms with E-state index in [0.717, 1.165) is 59.4 Å². The molecule has 0 saturated carbocycles. The number of esters is 1. The number of rotatable bonds is 7. The molecule has 0 bridgehead atoms. The lowest BCUT2D eigenvalue weighted by molar-refractivity contribution is 0.0600. The smallest absolute Gasteiger partial charge is 0.337 e. The van der Waals surface area contributed by atoms with Gasteiger partial charge in [-0.1, -0.05) is 29.8 Å². The van der Waals surface area contributed by atoms with Crippen LogP contribution in [0.4, 0.5) is 0 Å². The van der Waals surface area contributed by atoms with Crippen molar-refractivity contribution in [3.8, 4) is 5.75 Å². The van der Waals surface area contributed by atoms with Crippen LogP contribution in [0.2, 0.25) is 0 Å². The standard InChI is InChI=1S/C34H39N3O5S/c1-23-7-13-28(14-8-23)43(39,40)37-19-16-29-30(32(41-3)20-24(2)33(29)37)21-36-18-15-27-6-5-17-35(27)22-31(36)25-9-11-26(12-10-25)34(38)42-4/h7-14,16,19-20,27,31H,5-6,15,17-18,21-22H2,1-4H3/t27-,31?/m0/s1. The van der Waals surface area contributed by atoms with Gasteiger partial charge in [-0.15, -0.1) is 0 Å². The normalized spacial score (nSPS) is 19.7. The topological polar surface area (TPSA) is 81.1 Å². The summed E-state index contributed by atoms with van der Waals surface area (Å²) in [4.78, 5) is 17.5. The molecular weight excluding hydrogens is 562 g/mol. The zero-order chi connectivity index (χ0) is 30.3. The Morgan fingerprint density at radius 2 is 1.70 bits per heavy atom. The number of benzene rings is 3. The second-order valence-corrected chi connectivity index (χ2v) is 13.6. The molecule has 9 heteroatoms. The lowest BCUT2D eigenvalue weighted by Crippen LogP contribution is -2.35. The molecule has 0 N–H and O–H groups in total. The fourth-order valence-electron chi connectivity index (χ4n) is 6.84. The number of ether oxygens (including phenoxy) is 2. The molecule has 4 aromatic rings. The fraction of sp³-hybridized carbons (Fsp3) is 0.382. The van der Waals surface area contributed by atoms with Crippen LogP contribution in [0.25, 0.3) is 10.9 Å². The third-order valence-electron chi connectivity index (χ3n) is 9.17. The highest BCUT2D eigenvalue weighted by Gasteiger charge is 2.35. The lowest BCUT2D eigenvalue weighted by Gasteiger charge is -2.33. The number of carbonyl (C=O) groups is 1. The minimum Gasteiger partial charge on any atom is -0.496 e. The minimum absolute atomic E-state index is 0.0919. The Morgan fingerprint density at radius 1 is 0.953 bits per heavy atom. The van der Waals surface area contributed by atoms with Crippen LogP contribution >= 0.6 is 0 Å². The monoisotopic (exact) mass is 601 g/mol. The van der Waals surface area contributed by atoms with E-state index in [1.54, 1.807) is 25.4 Å². The largest absolute Gasteiger partial charge is 0.496 e. The highest BCUT2D eigenvalue weighted by atomic mass is 32.2. The third kappa shape index (κ3) is 5.46. The summed E-state index contributed by atoms with van der Waals surface area (Å²) in [6.45, 7) is 7.35. The molecule has 1 unspecified atom stereocenters. The molecule has 0 amide bonds. The maximum Gasteiger partial charge on any atom is 0.337 e. The summed E-state index contributed by atoms with van der Waals surface area (Å²) < 4.78 is 39.9. The van der Waals surface area contributed by atoms with Crippen LogP contribution in [0, 0.1) is 13.8 Å². The summed E-state index contributed by atoms with van der Waals surface area (Å²) in [5.41, 5.74) is 5.16. The molecule has 6 rings (SSSR count). The van der Waals surface area contributed by atoms with Gasteiger partial charge in [-0.25, -0.2) is 17.2 Å². The van der Waals surface area contributed by atoms with Gasteiger partial charge in [0.25, 0.3) is 10.0 Å². The predicted molar refractivity (Wildman–Crippen MR) is 167 cm³/mol. The molecule has 0 radical (unpaired) electrons. The summed E-state index contributed by atoms with van der Waals surface area (Å²) in [7, 11) is -0.729. The van der Waals surface area contributed by atoms with Crippen molar-refractivity contribution in [3.05, 3.63) is 94.7 Å². The number of nitrogens with zero attached hydrogens (tertiary/aromatic N) is 3. The first kappa shape index (κ1) is 29.4. The SMILES string of the molecule is COC(=O)c1ccc(C2CN3CCC[C@H]3CCN2Cc2c(OC)cc(C)c3c2ccn3S(=O)(=O)c2ccc(C)cc2)cc1. The molecule has 3 heterocycles. The average molecular weight is 602 g/mol. The second-order valence-electron chi connectivity index (χ2n) is 11.7.